The number of rotatable bonds is 3. The minimum absolute atomic E-state index is 0.000611. The van der Waals surface area contributed by atoms with E-state index < -0.39 is 0 Å². The molecule has 2 fully saturated rings. The van der Waals surface area contributed by atoms with Crippen LogP contribution in [0.25, 0.3) is 0 Å². The van der Waals surface area contributed by atoms with E-state index in [0.29, 0.717) is 11.3 Å². The number of allylic oxidation sites excluding steroid dienone is 1. The number of fused-ring (bicyclic) bond motifs is 4. The minimum Gasteiger partial charge on any atom is -0.463 e. The summed E-state index contributed by atoms with van der Waals surface area (Å²) in [7, 11) is 0. The zero-order chi connectivity index (χ0) is 21.9. The van der Waals surface area contributed by atoms with Gasteiger partial charge in [-0.1, -0.05) is 31.9 Å². The van der Waals surface area contributed by atoms with Gasteiger partial charge in [0.2, 0.25) is 0 Å². The van der Waals surface area contributed by atoms with Crippen LogP contribution >= 0.6 is 0 Å². The first-order valence-electron chi connectivity index (χ1n) is 12.1. The van der Waals surface area contributed by atoms with E-state index in [-0.39, 0.29) is 35.0 Å². The SMILES string of the molecule is CC(=O)OC1CCC2(C)C3CCC4=C(CCC4(C)C(C)OC(C)=O)C3CCC2(C)C1. The third-order valence-electron chi connectivity index (χ3n) is 10.1. The van der Waals surface area contributed by atoms with E-state index in [4.69, 9.17) is 9.47 Å². The summed E-state index contributed by atoms with van der Waals surface area (Å²) in [6.45, 7) is 12.5. The Bertz CT molecular complexity index is 769. The van der Waals surface area contributed by atoms with Crippen molar-refractivity contribution in [2.24, 2.45) is 28.1 Å². The third kappa shape index (κ3) is 3.24. The number of hydrogen-bond acceptors (Lipinski definition) is 4. The lowest BCUT2D eigenvalue weighted by Crippen LogP contribution is -2.55. The van der Waals surface area contributed by atoms with Gasteiger partial charge in [-0.3, -0.25) is 9.59 Å². The van der Waals surface area contributed by atoms with Crippen LogP contribution in [0.3, 0.4) is 0 Å². The number of esters is 2. The molecule has 0 aromatic heterocycles. The standard InChI is InChI=1S/C26H40O4/c1-16(29-17(2)27)25(5)13-11-20-21-10-12-24(4)15-19(30-18(3)28)9-14-26(24,6)23(21)8-7-22(20)25/h16,19,21,23H,7-15H2,1-6H3. The molecule has 0 bridgehead atoms. The van der Waals surface area contributed by atoms with E-state index in [9.17, 15) is 9.59 Å². The number of ether oxygens (including phenoxy) is 2. The van der Waals surface area contributed by atoms with Gasteiger partial charge in [0.15, 0.2) is 0 Å². The second-order valence-corrected chi connectivity index (χ2v) is 11.4. The van der Waals surface area contributed by atoms with Crippen molar-refractivity contribution in [2.45, 2.75) is 112 Å². The van der Waals surface area contributed by atoms with Crippen LogP contribution in [0.2, 0.25) is 0 Å². The van der Waals surface area contributed by atoms with Gasteiger partial charge >= 0.3 is 11.9 Å². The molecule has 0 amide bonds. The van der Waals surface area contributed by atoms with E-state index in [0.717, 1.165) is 38.0 Å². The molecule has 0 heterocycles. The molecule has 4 rings (SSSR count). The van der Waals surface area contributed by atoms with Crippen LogP contribution in [-0.4, -0.2) is 24.1 Å². The summed E-state index contributed by atoms with van der Waals surface area (Å²) in [5.41, 5.74) is 3.88. The van der Waals surface area contributed by atoms with E-state index in [1.165, 1.54) is 39.5 Å². The molecule has 0 aliphatic heterocycles. The molecule has 0 aromatic rings. The van der Waals surface area contributed by atoms with E-state index >= 15 is 0 Å². The Hall–Kier alpha value is -1.32. The Morgan fingerprint density at radius 1 is 0.967 bits per heavy atom. The van der Waals surface area contributed by atoms with Crippen LogP contribution in [0, 0.1) is 28.1 Å². The van der Waals surface area contributed by atoms with Crippen molar-refractivity contribution in [3.05, 3.63) is 11.1 Å². The maximum atomic E-state index is 11.6. The molecule has 168 valence electrons. The summed E-state index contributed by atoms with van der Waals surface area (Å²) in [5.74, 6) is 1.10. The first-order chi connectivity index (χ1) is 14.0. The van der Waals surface area contributed by atoms with Gasteiger partial charge in [0.05, 0.1) is 0 Å². The molecular formula is C26H40O4. The summed E-state index contributed by atoms with van der Waals surface area (Å²) in [4.78, 5) is 23.1. The van der Waals surface area contributed by atoms with Gasteiger partial charge in [-0.2, -0.15) is 0 Å². The van der Waals surface area contributed by atoms with Crippen LogP contribution in [0.5, 0.6) is 0 Å². The van der Waals surface area contributed by atoms with Crippen molar-refractivity contribution < 1.29 is 19.1 Å². The zero-order valence-corrected chi connectivity index (χ0v) is 19.8. The van der Waals surface area contributed by atoms with Crippen molar-refractivity contribution in [1.82, 2.24) is 0 Å². The number of carbonyl (C=O) groups is 2. The van der Waals surface area contributed by atoms with Crippen LogP contribution in [0.1, 0.15) is 99.3 Å². The summed E-state index contributed by atoms with van der Waals surface area (Å²) in [5, 5.41) is 0. The lowest BCUT2D eigenvalue weighted by Gasteiger charge is -2.62. The predicted octanol–water partition coefficient (Wildman–Crippen LogP) is 5.98. The molecule has 4 aliphatic rings. The fourth-order valence-corrected chi connectivity index (χ4v) is 8.06. The molecular weight excluding hydrogens is 376 g/mol. The maximum Gasteiger partial charge on any atom is 0.302 e. The van der Waals surface area contributed by atoms with Crippen LogP contribution in [0.4, 0.5) is 0 Å². The molecule has 30 heavy (non-hydrogen) atoms. The molecule has 0 saturated heterocycles. The zero-order valence-electron chi connectivity index (χ0n) is 19.8. The highest BCUT2D eigenvalue weighted by Gasteiger charge is 2.60. The first-order valence-corrected chi connectivity index (χ1v) is 12.1. The monoisotopic (exact) mass is 416 g/mol. The normalized spacial score (nSPS) is 43.9. The predicted molar refractivity (Wildman–Crippen MR) is 117 cm³/mol. The molecule has 0 radical (unpaired) electrons. The van der Waals surface area contributed by atoms with Gasteiger partial charge in [-0.15, -0.1) is 0 Å². The quantitative estimate of drug-likeness (QED) is 0.419. The van der Waals surface area contributed by atoms with Crippen molar-refractivity contribution in [1.29, 1.82) is 0 Å². The fourth-order valence-electron chi connectivity index (χ4n) is 8.06. The van der Waals surface area contributed by atoms with Gasteiger partial charge in [0.1, 0.15) is 12.2 Å². The Morgan fingerprint density at radius 2 is 1.70 bits per heavy atom. The van der Waals surface area contributed by atoms with Crippen LogP contribution in [0.15, 0.2) is 11.1 Å². The molecule has 0 aromatic carbocycles. The highest BCUT2D eigenvalue weighted by atomic mass is 16.5. The first kappa shape index (κ1) is 21.9. The summed E-state index contributed by atoms with van der Waals surface area (Å²) < 4.78 is 11.3. The van der Waals surface area contributed by atoms with Gasteiger partial charge < -0.3 is 9.47 Å². The van der Waals surface area contributed by atoms with Crippen molar-refractivity contribution in [3.63, 3.8) is 0 Å². The van der Waals surface area contributed by atoms with Gasteiger partial charge in [-0.25, -0.2) is 0 Å². The summed E-state index contributed by atoms with van der Waals surface area (Å²) in [6.07, 6.45) is 10.4. The fraction of sp³-hybridized carbons (Fsp3) is 0.846. The van der Waals surface area contributed by atoms with Crippen molar-refractivity contribution in [2.75, 3.05) is 0 Å². The Labute approximate surface area is 182 Å². The lowest BCUT2D eigenvalue weighted by atomic mass is 9.43. The third-order valence-corrected chi connectivity index (χ3v) is 10.1. The Balaban J connectivity index is 1.59. The smallest absolute Gasteiger partial charge is 0.302 e. The van der Waals surface area contributed by atoms with Crippen LogP contribution in [-0.2, 0) is 19.1 Å². The molecule has 0 spiro atoms. The molecule has 4 nitrogen and oxygen atoms in total. The van der Waals surface area contributed by atoms with Crippen LogP contribution < -0.4 is 0 Å². The molecule has 7 unspecified atom stereocenters. The highest BCUT2D eigenvalue weighted by molar-refractivity contribution is 5.66. The average molecular weight is 417 g/mol. The van der Waals surface area contributed by atoms with Crippen molar-refractivity contribution >= 4 is 11.9 Å². The topological polar surface area (TPSA) is 52.6 Å². The minimum atomic E-state index is -0.169. The van der Waals surface area contributed by atoms with Gasteiger partial charge in [0.25, 0.3) is 0 Å². The van der Waals surface area contributed by atoms with E-state index in [1.54, 1.807) is 11.1 Å². The second kappa shape index (κ2) is 7.38. The highest BCUT2D eigenvalue weighted by Crippen LogP contribution is 2.68. The van der Waals surface area contributed by atoms with E-state index in [2.05, 4.69) is 27.7 Å². The molecule has 4 aliphatic carbocycles. The second-order valence-electron chi connectivity index (χ2n) is 11.4. The molecule has 7 atom stereocenters. The summed E-state index contributed by atoms with van der Waals surface area (Å²) >= 11 is 0. The lowest BCUT2D eigenvalue weighted by molar-refractivity contribution is -0.166. The number of hydrogen-bond donors (Lipinski definition) is 0. The maximum absolute atomic E-state index is 11.6. The van der Waals surface area contributed by atoms with Gasteiger partial charge in [-0.05, 0) is 87.4 Å². The largest absolute Gasteiger partial charge is 0.463 e. The molecule has 2 saturated carbocycles. The Morgan fingerprint density at radius 3 is 2.37 bits per heavy atom. The van der Waals surface area contributed by atoms with E-state index in [1.807, 2.05) is 0 Å². The molecule has 4 heteroatoms. The average Bonchev–Trinajstić information content (AvgIpc) is 3.00. The summed E-state index contributed by atoms with van der Waals surface area (Å²) in [6, 6.07) is 0. The molecule has 0 N–H and O–H groups in total. The Kier molecular flexibility index (Phi) is 5.38. The van der Waals surface area contributed by atoms with Gasteiger partial charge in [0, 0.05) is 19.3 Å². The van der Waals surface area contributed by atoms with Crippen molar-refractivity contribution in [3.8, 4) is 0 Å². The number of carbonyl (C=O) groups excluding carboxylic acids is 2.